The number of para-hydroxylation sites is 1. The summed E-state index contributed by atoms with van der Waals surface area (Å²) in [7, 11) is 2.20. The number of likely N-dealkylation sites (tertiary alicyclic amines) is 2. The van der Waals surface area contributed by atoms with Crippen LogP contribution in [0.15, 0.2) is 34.1 Å². The smallest absolute Gasteiger partial charge is 0.216 e. The zero-order valence-electron chi connectivity index (χ0n) is 15.6. The highest BCUT2D eigenvalue weighted by Crippen LogP contribution is 2.36. The van der Waals surface area contributed by atoms with E-state index in [1.54, 1.807) is 17.6 Å². The molecule has 0 radical (unpaired) electrons. The number of pyridine rings is 1. The number of hydrogen-bond donors (Lipinski definition) is 2. The van der Waals surface area contributed by atoms with Crippen molar-refractivity contribution in [2.24, 2.45) is 16.8 Å². The van der Waals surface area contributed by atoms with Crippen molar-refractivity contribution in [3.8, 4) is 0 Å². The Morgan fingerprint density at radius 1 is 1.18 bits per heavy atom. The lowest BCUT2D eigenvalue weighted by Gasteiger charge is -2.30. The van der Waals surface area contributed by atoms with E-state index in [1.807, 2.05) is 12.1 Å². The number of fused-ring (bicyclic) bond motifs is 6. The van der Waals surface area contributed by atoms with Gasteiger partial charge in [0.2, 0.25) is 5.43 Å². The summed E-state index contributed by atoms with van der Waals surface area (Å²) >= 11 is 1.56. The number of thiazole rings is 1. The Morgan fingerprint density at radius 2 is 1.93 bits per heavy atom. The van der Waals surface area contributed by atoms with Gasteiger partial charge in [0.25, 0.3) is 0 Å². The third-order valence-electron chi connectivity index (χ3n) is 6.37. The summed E-state index contributed by atoms with van der Waals surface area (Å²) in [6, 6.07) is 8.16. The maximum absolute atomic E-state index is 12.8. The van der Waals surface area contributed by atoms with Gasteiger partial charge in [-0.3, -0.25) is 19.1 Å². The molecule has 3 atom stereocenters. The molecule has 0 bridgehead atoms. The number of nitrogens with one attached hydrogen (secondary N) is 1. The molecule has 3 aliphatic heterocycles. The van der Waals surface area contributed by atoms with Crippen LogP contribution in [0.25, 0.3) is 15.0 Å². The summed E-state index contributed by atoms with van der Waals surface area (Å²) < 4.78 is 3.20. The average molecular weight is 395 g/mol. The molecule has 0 amide bonds. The number of nitrogens with zero attached hydrogens (tertiary/aromatic N) is 4. The predicted octanol–water partition coefficient (Wildman–Crippen LogP) is 1.72. The van der Waals surface area contributed by atoms with Crippen LogP contribution in [0, 0.1) is 11.8 Å². The third kappa shape index (κ3) is 2.22. The molecule has 3 unspecified atom stereocenters. The van der Waals surface area contributed by atoms with Gasteiger partial charge in [0, 0.05) is 32.4 Å². The predicted molar refractivity (Wildman–Crippen MR) is 115 cm³/mol. The van der Waals surface area contributed by atoms with Crippen LogP contribution in [0.3, 0.4) is 0 Å². The molecule has 144 valence electrons. The van der Waals surface area contributed by atoms with Crippen molar-refractivity contribution in [2.75, 3.05) is 44.3 Å². The lowest BCUT2D eigenvalue weighted by molar-refractivity contribution is 0.233. The van der Waals surface area contributed by atoms with Crippen LogP contribution < -0.4 is 16.5 Å². The van der Waals surface area contributed by atoms with Gasteiger partial charge in [0.1, 0.15) is 16.3 Å². The van der Waals surface area contributed by atoms with E-state index < -0.39 is 0 Å². The Bertz CT molecular complexity index is 1180. The molecule has 3 aromatic rings. The minimum Gasteiger partial charge on any atom is -0.393 e. The van der Waals surface area contributed by atoms with Gasteiger partial charge in [-0.2, -0.15) is 0 Å². The average Bonchev–Trinajstić information content (AvgIpc) is 3.36. The lowest BCUT2D eigenvalue weighted by Crippen LogP contribution is -2.42. The molecule has 0 aliphatic carbocycles. The first-order valence-corrected chi connectivity index (χ1v) is 10.5. The van der Waals surface area contributed by atoms with Crippen LogP contribution >= 0.6 is 11.3 Å². The second-order valence-corrected chi connectivity index (χ2v) is 9.24. The fourth-order valence-corrected chi connectivity index (χ4v) is 6.17. The maximum atomic E-state index is 12.8. The van der Waals surface area contributed by atoms with Gasteiger partial charge in [-0.05, 0) is 31.0 Å². The first-order chi connectivity index (χ1) is 13.6. The van der Waals surface area contributed by atoms with Gasteiger partial charge in [-0.1, -0.05) is 12.1 Å². The van der Waals surface area contributed by atoms with E-state index in [2.05, 4.69) is 43.7 Å². The Balaban J connectivity index is 1.45. The second-order valence-electron chi connectivity index (χ2n) is 8.21. The summed E-state index contributed by atoms with van der Waals surface area (Å²) in [5.74, 6) is 2.22. The van der Waals surface area contributed by atoms with Gasteiger partial charge in [0.15, 0.2) is 6.29 Å². The van der Waals surface area contributed by atoms with E-state index >= 15 is 0 Å². The molecule has 2 aromatic heterocycles. The van der Waals surface area contributed by atoms with Crippen molar-refractivity contribution in [3.63, 3.8) is 0 Å². The molecule has 0 saturated carbocycles. The number of nitrogen functional groups attached to an aromatic ring is 1. The zero-order chi connectivity index (χ0) is 19.0. The van der Waals surface area contributed by atoms with Crippen LogP contribution in [0.1, 0.15) is 5.56 Å². The second kappa shape index (κ2) is 5.79. The summed E-state index contributed by atoms with van der Waals surface area (Å²) in [5, 5.41) is 3.56. The van der Waals surface area contributed by atoms with Gasteiger partial charge in [-0.25, -0.2) is 0 Å². The largest absolute Gasteiger partial charge is 0.393 e. The molecule has 7 nitrogen and oxygen atoms in total. The SMILES string of the molecule is CN1CC2CN(C3N=Cc4c(n5c(sc6ccccc65)c(N)c4=O)N3)CC2C1. The molecule has 1 aromatic carbocycles. The first-order valence-electron chi connectivity index (χ1n) is 9.68. The molecular weight excluding hydrogens is 372 g/mol. The minimum absolute atomic E-state index is 0.138. The highest BCUT2D eigenvalue weighted by molar-refractivity contribution is 7.24. The molecule has 2 saturated heterocycles. The Kier molecular flexibility index (Phi) is 3.42. The number of aliphatic imine (C=N–C) groups is 1. The van der Waals surface area contributed by atoms with Crippen LogP contribution in [0.4, 0.5) is 11.5 Å². The van der Waals surface area contributed by atoms with Crippen molar-refractivity contribution >= 4 is 44.1 Å². The summed E-state index contributed by atoms with van der Waals surface area (Å²) in [4.78, 5) is 23.2. The third-order valence-corrected chi connectivity index (χ3v) is 7.53. The molecule has 28 heavy (non-hydrogen) atoms. The van der Waals surface area contributed by atoms with E-state index in [0.29, 0.717) is 23.1 Å². The van der Waals surface area contributed by atoms with E-state index in [-0.39, 0.29) is 11.7 Å². The molecule has 8 heteroatoms. The summed E-state index contributed by atoms with van der Waals surface area (Å²) in [6.45, 7) is 4.39. The number of aromatic nitrogens is 1. The summed E-state index contributed by atoms with van der Waals surface area (Å²) in [6.07, 6.45) is 1.58. The fraction of sp³-hybridized carbons (Fsp3) is 0.400. The van der Waals surface area contributed by atoms with Gasteiger partial charge < -0.3 is 16.0 Å². The molecular formula is C20H22N6OS. The first kappa shape index (κ1) is 16.5. The molecule has 0 spiro atoms. The monoisotopic (exact) mass is 394 g/mol. The van der Waals surface area contributed by atoms with Crippen LogP contribution in [-0.4, -0.2) is 59.9 Å². The van der Waals surface area contributed by atoms with E-state index in [4.69, 9.17) is 5.73 Å². The number of rotatable bonds is 1. The lowest BCUT2D eigenvalue weighted by atomic mass is 10.0. The van der Waals surface area contributed by atoms with Gasteiger partial charge in [-0.15, -0.1) is 11.3 Å². The number of nitrogens with two attached hydrogens (primary N) is 1. The van der Waals surface area contributed by atoms with E-state index in [1.165, 1.54) is 0 Å². The van der Waals surface area contributed by atoms with Crippen LogP contribution in [0.2, 0.25) is 0 Å². The number of anilines is 2. The highest BCUT2D eigenvalue weighted by Gasteiger charge is 2.41. The Hall–Kier alpha value is -2.42. The maximum Gasteiger partial charge on any atom is 0.216 e. The van der Waals surface area contributed by atoms with Crippen LogP contribution in [-0.2, 0) is 0 Å². The molecule has 6 rings (SSSR count). The minimum atomic E-state index is -0.142. The molecule has 2 fully saturated rings. The van der Waals surface area contributed by atoms with Gasteiger partial charge >= 0.3 is 0 Å². The van der Waals surface area contributed by atoms with Crippen molar-refractivity contribution < 1.29 is 0 Å². The zero-order valence-corrected chi connectivity index (χ0v) is 16.4. The normalized spacial score (nSPS) is 27.4. The molecule has 3 aliphatic rings. The van der Waals surface area contributed by atoms with Crippen molar-refractivity contribution in [3.05, 3.63) is 40.1 Å². The number of benzene rings is 1. The summed E-state index contributed by atoms with van der Waals surface area (Å²) in [5.41, 5.74) is 7.98. The van der Waals surface area contributed by atoms with E-state index in [0.717, 1.165) is 47.0 Å². The quantitative estimate of drug-likeness (QED) is 0.657. The Morgan fingerprint density at radius 3 is 2.71 bits per heavy atom. The topological polar surface area (TPSA) is 78.4 Å². The highest BCUT2D eigenvalue weighted by atomic mass is 32.1. The van der Waals surface area contributed by atoms with E-state index in [9.17, 15) is 4.79 Å². The molecule has 5 heterocycles. The van der Waals surface area contributed by atoms with Crippen LogP contribution in [0.5, 0.6) is 0 Å². The Labute approximate surface area is 166 Å². The molecule has 3 N–H and O–H groups in total. The van der Waals surface area contributed by atoms with Crippen molar-refractivity contribution in [2.45, 2.75) is 6.29 Å². The fourth-order valence-electron chi connectivity index (χ4n) is 5.07. The van der Waals surface area contributed by atoms with Crippen molar-refractivity contribution in [1.29, 1.82) is 0 Å². The van der Waals surface area contributed by atoms with Crippen molar-refractivity contribution in [1.82, 2.24) is 14.2 Å². The number of hydrogen-bond acceptors (Lipinski definition) is 7. The standard InChI is InChI=1S/C20H22N6OS/c1-24-7-11-9-25(10-12(11)8-24)20-22-6-13-17(27)16(21)19-26(18(13)23-20)14-4-2-3-5-15(14)28-19/h2-6,11-12,20,23H,7-10,21H2,1H3. The van der Waals surface area contributed by atoms with Gasteiger partial charge in [0.05, 0.1) is 15.8 Å².